The van der Waals surface area contributed by atoms with Crippen LogP contribution in [0.1, 0.15) is 38.4 Å². The Morgan fingerprint density at radius 2 is 2.08 bits per heavy atom. The molecule has 0 saturated carbocycles. The molecule has 3 rings (SSSR count). The van der Waals surface area contributed by atoms with Crippen molar-refractivity contribution in [1.82, 2.24) is 9.88 Å². The van der Waals surface area contributed by atoms with Gasteiger partial charge in [-0.3, -0.25) is 4.90 Å². The summed E-state index contributed by atoms with van der Waals surface area (Å²) >= 11 is 0. The van der Waals surface area contributed by atoms with E-state index in [1.54, 1.807) is 19.9 Å². The number of hydrogen-bond acceptors (Lipinski definition) is 3. The molecule has 2 heterocycles. The van der Waals surface area contributed by atoms with Gasteiger partial charge >= 0.3 is 6.09 Å². The van der Waals surface area contributed by atoms with Crippen molar-refractivity contribution in [3.63, 3.8) is 0 Å². The number of aromatic amines is 1. The average Bonchev–Trinajstić information content (AvgIpc) is 2.90. The van der Waals surface area contributed by atoms with E-state index in [4.69, 9.17) is 4.74 Å². The summed E-state index contributed by atoms with van der Waals surface area (Å²) < 4.78 is 19.0. The normalized spacial score (nSPS) is 27.1. The predicted molar refractivity (Wildman–Crippen MR) is 89.2 cm³/mol. The van der Waals surface area contributed by atoms with Crippen molar-refractivity contribution in [2.75, 3.05) is 6.54 Å². The summed E-state index contributed by atoms with van der Waals surface area (Å²) in [5.41, 5.74) is 0.410. The number of H-pyrrole nitrogens is 1. The molecule has 1 fully saturated rings. The Balaban J connectivity index is 1.88. The van der Waals surface area contributed by atoms with E-state index in [0.29, 0.717) is 19.4 Å². The second kappa shape index (κ2) is 5.48. The maximum atomic E-state index is 13.6. The van der Waals surface area contributed by atoms with E-state index in [0.717, 1.165) is 22.2 Å². The first kappa shape index (κ1) is 16.8. The number of aryl methyl sites for hydroxylation is 1. The molecule has 0 bridgehead atoms. The number of rotatable bonds is 4. The highest BCUT2D eigenvalue weighted by molar-refractivity contribution is 5.84. The highest BCUT2D eigenvalue weighted by Gasteiger charge is 2.58. The van der Waals surface area contributed by atoms with Crippen LogP contribution in [0, 0.1) is 12.7 Å². The number of carbonyl (C=O) groups excluding carboxylic acids is 1. The molecule has 1 aromatic heterocycles. The predicted octanol–water partition coefficient (Wildman–Crippen LogP) is 3.49. The van der Waals surface area contributed by atoms with E-state index in [1.807, 2.05) is 13.8 Å². The van der Waals surface area contributed by atoms with E-state index in [1.165, 1.54) is 17.0 Å². The van der Waals surface area contributed by atoms with Gasteiger partial charge in [0.25, 0.3) is 0 Å². The minimum absolute atomic E-state index is 0.297. The number of aliphatic hydroxyl groups is 1. The summed E-state index contributed by atoms with van der Waals surface area (Å²) in [5, 5.41) is 11.6. The van der Waals surface area contributed by atoms with Gasteiger partial charge in [0, 0.05) is 23.1 Å². The van der Waals surface area contributed by atoms with Crippen molar-refractivity contribution in [2.45, 2.75) is 51.9 Å². The zero-order valence-electron chi connectivity index (χ0n) is 14.4. The topological polar surface area (TPSA) is 65.6 Å². The van der Waals surface area contributed by atoms with Crippen molar-refractivity contribution in [1.29, 1.82) is 0 Å². The van der Waals surface area contributed by atoms with E-state index in [-0.39, 0.29) is 5.82 Å². The SMILES string of the molecule is CCC1(C)OC(=O)N(CCc2c(C)[nH]c3ccc(F)cc23)C1(C)O. The van der Waals surface area contributed by atoms with Crippen LogP contribution in [0.15, 0.2) is 18.2 Å². The molecule has 0 aliphatic carbocycles. The molecular formula is C18H23FN2O3. The Morgan fingerprint density at radius 3 is 2.71 bits per heavy atom. The van der Waals surface area contributed by atoms with Crippen molar-refractivity contribution in [2.24, 2.45) is 0 Å². The van der Waals surface area contributed by atoms with Gasteiger partial charge in [-0.05, 0) is 57.4 Å². The minimum atomic E-state index is -1.38. The third kappa shape index (κ3) is 2.36. The molecule has 1 aliphatic rings. The number of halogens is 1. The molecule has 1 aromatic carbocycles. The highest BCUT2D eigenvalue weighted by atomic mass is 19.1. The smallest absolute Gasteiger partial charge is 0.412 e. The molecule has 6 heteroatoms. The standard InChI is InChI=1S/C18H23FN2O3/c1-5-17(3)18(4,23)21(16(22)24-17)9-8-13-11(2)20-15-7-6-12(19)10-14(13)15/h6-7,10,20,23H,5,8-9H2,1-4H3. The molecular weight excluding hydrogens is 311 g/mol. The highest BCUT2D eigenvalue weighted by Crippen LogP contribution is 2.39. The molecule has 2 unspecified atom stereocenters. The van der Waals surface area contributed by atoms with E-state index in [2.05, 4.69) is 4.98 Å². The molecule has 1 saturated heterocycles. The second-order valence-electron chi connectivity index (χ2n) is 6.79. The number of nitrogens with one attached hydrogen (secondary N) is 1. The third-order valence-corrected chi connectivity index (χ3v) is 5.40. The van der Waals surface area contributed by atoms with Gasteiger partial charge in [-0.15, -0.1) is 0 Å². The molecule has 0 radical (unpaired) electrons. The number of hydrogen-bond donors (Lipinski definition) is 2. The van der Waals surface area contributed by atoms with Gasteiger partial charge in [-0.1, -0.05) is 6.92 Å². The lowest BCUT2D eigenvalue weighted by Crippen LogP contribution is -2.55. The maximum absolute atomic E-state index is 13.6. The van der Waals surface area contributed by atoms with E-state index >= 15 is 0 Å². The summed E-state index contributed by atoms with van der Waals surface area (Å²) in [6.45, 7) is 7.42. The molecule has 2 aromatic rings. The van der Waals surface area contributed by atoms with Crippen LogP contribution in [0.25, 0.3) is 10.9 Å². The van der Waals surface area contributed by atoms with E-state index in [9.17, 15) is 14.3 Å². The fourth-order valence-electron chi connectivity index (χ4n) is 3.42. The largest absolute Gasteiger partial charge is 0.438 e. The first-order chi connectivity index (χ1) is 11.2. The minimum Gasteiger partial charge on any atom is -0.438 e. The fraction of sp³-hybridized carbons (Fsp3) is 0.500. The first-order valence-corrected chi connectivity index (χ1v) is 8.19. The van der Waals surface area contributed by atoms with Gasteiger partial charge < -0.3 is 14.8 Å². The molecule has 2 N–H and O–H groups in total. The maximum Gasteiger partial charge on any atom is 0.412 e. The van der Waals surface area contributed by atoms with E-state index < -0.39 is 17.4 Å². The molecule has 1 aliphatic heterocycles. The summed E-state index contributed by atoms with van der Waals surface area (Å²) in [5.74, 6) is -0.297. The number of fused-ring (bicyclic) bond motifs is 1. The van der Waals surface area contributed by atoms with Gasteiger partial charge in [0.05, 0.1) is 0 Å². The van der Waals surface area contributed by atoms with Gasteiger partial charge in [0.2, 0.25) is 0 Å². The zero-order valence-corrected chi connectivity index (χ0v) is 14.4. The lowest BCUT2D eigenvalue weighted by molar-refractivity contribution is -0.137. The number of cyclic esters (lactones) is 1. The summed E-state index contributed by atoms with van der Waals surface area (Å²) in [6.07, 6.45) is 0.493. The van der Waals surface area contributed by atoms with Gasteiger partial charge in [-0.2, -0.15) is 0 Å². The van der Waals surface area contributed by atoms with Crippen LogP contribution in [0.2, 0.25) is 0 Å². The molecule has 2 atom stereocenters. The third-order valence-electron chi connectivity index (χ3n) is 5.40. The lowest BCUT2D eigenvalue weighted by atomic mass is 9.90. The number of amides is 1. The van der Waals surface area contributed by atoms with Crippen molar-refractivity contribution in [3.05, 3.63) is 35.3 Å². The zero-order chi connectivity index (χ0) is 17.7. The monoisotopic (exact) mass is 334 g/mol. The first-order valence-electron chi connectivity index (χ1n) is 8.19. The number of carbonyl (C=O) groups is 1. The van der Waals surface area contributed by atoms with Crippen LogP contribution in [-0.2, 0) is 11.2 Å². The summed E-state index contributed by atoms with van der Waals surface area (Å²) in [7, 11) is 0. The molecule has 5 nitrogen and oxygen atoms in total. The molecule has 0 spiro atoms. The number of benzene rings is 1. The van der Waals surface area contributed by atoms with Crippen LogP contribution in [0.4, 0.5) is 9.18 Å². The van der Waals surface area contributed by atoms with Gasteiger partial charge in [0.15, 0.2) is 11.3 Å². The molecule has 24 heavy (non-hydrogen) atoms. The quantitative estimate of drug-likeness (QED) is 0.899. The second-order valence-corrected chi connectivity index (χ2v) is 6.79. The Labute approximate surface area is 140 Å². The van der Waals surface area contributed by atoms with Gasteiger partial charge in [0.1, 0.15) is 5.82 Å². The Morgan fingerprint density at radius 1 is 1.38 bits per heavy atom. The number of aromatic nitrogens is 1. The molecule has 1 amide bonds. The van der Waals surface area contributed by atoms with Crippen LogP contribution in [-0.4, -0.2) is 39.0 Å². The summed E-state index contributed by atoms with van der Waals surface area (Å²) in [4.78, 5) is 16.8. The van der Waals surface area contributed by atoms with Crippen LogP contribution >= 0.6 is 0 Å². The van der Waals surface area contributed by atoms with Crippen LogP contribution in [0.3, 0.4) is 0 Å². The number of ether oxygens (including phenoxy) is 1. The van der Waals surface area contributed by atoms with Crippen LogP contribution < -0.4 is 0 Å². The number of nitrogens with zero attached hydrogens (tertiary/aromatic N) is 1. The fourth-order valence-corrected chi connectivity index (χ4v) is 3.42. The lowest BCUT2D eigenvalue weighted by Gasteiger charge is -2.36. The summed E-state index contributed by atoms with van der Waals surface area (Å²) in [6, 6.07) is 4.61. The van der Waals surface area contributed by atoms with Crippen molar-refractivity contribution >= 4 is 17.0 Å². The molecule has 130 valence electrons. The van der Waals surface area contributed by atoms with Gasteiger partial charge in [-0.25, -0.2) is 9.18 Å². The Bertz CT molecular complexity index is 799. The van der Waals surface area contributed by atoms with Crippen LogP contribution in [0.5, 0.6) is 0 Å². The van der Waals surface area contributed by atoms with Crippen molar-refractivity contribution < 1.29 is 19.0 Å². The average molecular weight is 334 g/mol. The van der Waals surface area contributed by atoms with Crippen molar-refractivity contribution in [3.8, 4) is 0 Å². The Hall–Kier alpha value is -2.08. The Kier molecular flexibility index (Phi) is 3.83.